The third kappa shape index (κ3) is 4.42. The highest BCUT2D eigenvalue weighted by Crippen LogP contribution is 2.34. The maximum Gasteiger partial charge on any atom is 0.261 e. The van der Waals surface area contributed by atoms with Crippen LogP contribution in [0.1, 0.15) is 59.9 Å². The lowest BCUT2D eigenvalue weighted by molar-refractivity contribution is -0.125. The summed E-state index contributed by atoms with van der Waals surface area (Å²) < 4.78 is 10.7. The van der Waals surface area contributed by atoms with Crippen LogP contribution in [-0.4, -0.2) is 40.7 Å². The lowest BCUT2D eigenvalue weighted by Gasteiger charge is -2.16. The molecule has 0 bridgehead atoms. The van der Waals surface area contributed by atoms with E-state index in [0.717, 1.165) is 11.1 Å². The Bertz CT molecular complexity index is 1180. The summed E-state index contributed by atoms with van der Waals surface area (Å²) in [5, 5.41) is 6.93. The molecule has 31 heavy (non-hydrogen) atoms. The van der Waals surface area contributed by atoms with Gasteiger partial charge in [-0.3, -0.25) is 14.4 Å². The van der Waals surface area contributed by atoms with Gasteiger partial charge in [-0.1, -0.05) is 11.2 Å². The van der Waals surface area contributed by atoms with Crippen molar-refractivity contribution in [2.75, 3.05) is 18.4 Å². The van der Waals surface area contributed by atoms with Gasteiger partial charge in [0.2, 0.25) is 5.91 Å². The van der Waals surface area contributed by atoms with Gasteiger partial charge in [-0.15, -0.1) is 0 Å². The molecule has 0 atom stereocenters. The van der Waals surface area contributed by atoms with Crippen LogP contribution in [0.15, 0.2) is 39.4 Å². The molecule has 2 heterocycles. The molecule has 0 aliphatic rings. The Hall–Kier alpha value is -3.68. The third-order valence-corrected chi connectivity index (χ3v) is 5.11. The van der Waals surface area contributed by atoms with Crippen molar-refractivity contribution < 1.29 is 23.3 Å². The van der Waals surface area contributed by atoms with Crippen LogP contribution >= 0.6 is 0 Å². The number of allylic oxidation sites excluding steroid dienone is 1. The number of carbonyl (C=O) groups excluding carboxylic acids is 3. The van der Waals surface area contributed by atoms with Gasteiger partial charge in [-0.25, -0.2) is 0 Å². The number of Topliss-reactive ketones (excluding diaryl/α,β-unsaturated/α-hetero) is 1. The molecule has 162 valence electrons. The van der Waals surface area contributed by atoms with Crippen molar-refractivity contribution in [1.82, 2.24) is 10.1 Å². The van der Waals surface area contributed by atoms with Gasteiger partial charge < -0.3 is 19.2 Å². The molecule has 0 aliphatic heterocycles. The minimum atomic E-state index is -0.460. The predicted molar refractivity (Wildman–Crippen MR) is 117 cm³/mol. The summed E-state index contributed by atoms with van der Waals surface area (Å²) in [6.07, 6.45) is 2.90. The van der Waals surface area contributed by atoms with E-state index < -0.39 is 5.91 Å². The highest BCUT2D eigenvalue weighted by atomic mass is 16.5. The number of hydrogen-bond acceptors (Lipinski definition) is 6. The van der Waals surface area contributed by atoms with Gasteiger partial charge in [0.05, 0.1) is 11.9 Å². The number of amides is 2. The molecule has 1 N–H and O–H groups in total. The summed E-state index contributed by atoms with van der Waals surface area (Å²) in [6, 6.07) is 5.33. The summed E-state index contributed by atoms with van der Waals surface area (Å²) >= 11 is 0. The second-order valence-electron chi connectivity index (χ2n) is 7.16. The Morgan fingerprint density at radius 2 is 1.87 bits per heavy atom. The SMILES string of the molecule is CCN(CC)C(=O)/C=C(/C)c1ccc2oc(C(C)=O)c(NC(=O)c3cnoc3C)c2c1. The molecule has 0 radical (unpaired) electrons. The average Bonchev–Trinajstić information content (AvgIpc) is 3.32. The molecular formula is C23H25N3O5. The molecule has 3 rings (SSSR count). The van der Waals surface area contributed by atoms with Crippen molar-refractivity contribution in [3.05, 3.63) is 53.1 Å². The summed E-state index contributed by atoms with van der Waals surface area (Å²) in [6.45, 7) is 9.94. The Labute approximate surface area is 179 Å². The number of carbonyl (C=O) groups is 3. The lowest BCUT2D eigenvalue weighted by atomic mass is 10.0. The van der Waals surface area contributed by atoms with Crippen LogP contribution in [0, 0.1) is 6.92 Å². The fraction of sp³-hybridized carbons (Fsp3) is 0.304. The van der Waals surface area contributed by atoms with E-state index in [9.17, 15) is 14.4 Å². The molecule has 0 aliphatic carbocycles. The number of anilines is 1. The van der Waals surface area contributed by atoms with E-state index in [1.807, 2.05) is 26.8 Å². The third-order valence-electron chi connectivity index (χ3n) is 5.11. The summed E-state index contributed by atoms with van der Waals surface area (Å²) in [5.41, 5.74) is 2.53. The molecular weight excluding hydrogens is 398 g/mol. The van der Waals surface area contributed by atoms with Gasteiger partial charge >= 0.3 is 0 Å². The summed E-state index contributed by atoms with van der Waals surface area (Å²) in [7, 11) is 0. The standard InChI is InChI=1S/C23H25N3O5/c1-6-26(7-2)20(28)10-13(3)16-8-9-19-17(11-16)21(22(30-19)14(4)27)25-23(29)18-12-24-31-15(18)5/h8-12H,6-7H2,1-5H3,(H,25,29)/b13-10-. The fourth-order valence-electron chi connectivity index (χ4n) is 3.31. The Morgan fingerprint density at radius 1 is 1.16 bits per heavy atom. The van der Waals surface area contributed by atoms with Crippen molar-refractivity contribution in [2.24, 2.45) is 0 Å². The molecule has 8 nitrogen and oxygen atoms in total. The van der Waals surface area contributed by atoms with Crippen molar-refractivity contribution >= 4 is 39.8 Å². The van der Waals surface area contributed by atoms with E-state index in [2.05, 4.69) is 10.5 Å². The number of rotatable bonds is 7. The van der Waals surface area contributed by atoms with E-state index in [-0.39, 0.29) is 28.7 Å². The predicted octanol–water partition coefficient (Wildman–Crippen LogP) is 4.46. The van der Waals surface area contributed by atoms with Crippen LogP contribution in [0.4, 0.5) is 5.69 Å². The molecule has 1 aromatic carbocycles. The van der Waals surface area contributed by atoms with Crippen molar-refractivity contribution in [2.45, 2.75) is 34.6 Å². The molecule has 2 aromatic heterocycles. The topological polar surface area (TPSA) is 106 Å². The monoisotopic (exact) mass is 423 g/mol. The minimum Gasteiger partial charge on any atom is -0.451 e. The van der Waals surface area contributed by atoms with Gasteiger partial charge in [-0.2, -0.15) is 0 Å². The number of ketones is 1. The second kappa shape index (κ2) is 8.99. The number of benzene rings is 1. The van der Waals surface area contributed by atoms with Gasteiger partial charge in [0, 0.05) is 31.5 Å². The molecule has 0 fully saturated rings. The fourth-order valence-corrected chi connectivity index (χ4v) is 3.31. The summed E-state index contributed by atoms with van der Waals surface area (Å²) in [5.74, 6) is -0.437. The molecule has 0 saturated carbocycles. The first kappa shape index (κ1) is 22.0. The van der Waals surface area contributed by atoms with Crippen LogP contribution in [0.3, 0.4) is 0 Å². The van der Waals surface area contributed by atoms with Gasteiger partial charge in [0.25, 0.3) is 5.91 Å². The normalized spacial score (nSPS) is 11.6. The molecule has 0 unspecified atom stereocenters. The minimum absolute atomic E-state index is 0.0513. The molecule has 8 heteroatoms. The smallest absolute Gasteiger partial charge is 0.261 e. The van der Waals surface area contributed by atoms with Crippen LogP contribution in [-0.2, 0) is 4.79 Å². The largest absolute Gasteiger partial charge is 0.451 e. The Morgan fingerprint density at radius 3 is 2.45 bits per heavy atom. The highest BCUT2D eigenvalue weighted by Gasteiger charge is 2.22. The van der Waals surface area contributed by atoms with Crippen LogP contribution in [0.25, 0.3) is 16.5 Å². The maximum atomic E-state index is 12.7. The Balaban J connectivity index is 2.04. The number of fused-ring (bicyclic) bond motifs is 1. The van der Waals surface area contributed by atoms with E-state index in [4.69, 9.17) is 8.94 Å². The molecule has 0 saturated heterocycles. The second-order valence-corrected chi connectivity index (χ2v) is 7.16. The zero-order chi connectivity index (χ0) is 22.7. The maximum absolute atomic E-state index is 12.7. The van der Waals surface area contributed by atoms with Crippen LogP contribution < -0.4 is 5.32 Å². The quantitative estimate of drug-likeness (QED) is 0.444. The van der Waals surface area contributed by atoms with E-state index in [0.29, 0.717) is 29.8 Å². The van der Waals surface area contributed by atoms with Crippen molar-refractivity contribution in [1.29, 1.82) is 0 Å². The van der Waals surface area contributed by atoms with Crippen molar-refractivity contribution in [3.63, 3.8) is 0 Å². The van der Waals surface area contributed by atoms with E-state index in [1.54, 1.807) is 30.0 Å². The highest BCUT2D eigenvalue weighted by molar-refractivity contribution is 6.15. The molecule has 3 aromatic rings. The Kier molecular flexibility index (Phi) is 6.39. The number of nitrogens with zero attached hydrogens (tertiary/aromatic N) is 2. The van der Waals surface area contributed by atoms with Gasteiger partial charge in [0.1, 0.15) is 16.9 Å². The number of likely N-dealkylation sites (N-methyl/N-ethyl adjacent to an activating group) is 1. The first-order valence-electron chi connectivity index (χ1n) is 10.0. The summed E-state index contributed by atoms with van der Waals surface area (Å²) in [4.78, 5) is 39.0. The van der Waals surface area contributed by atoms with E-state index in [1.165, 1.54) is 13.1 Å². The first-order chi connectivity index (χ1) is 14.8. The van der Waals surface area contributed by atoms with Crippen LogP contribution in [0.2, 0.25) is 0 Å². The first-order valence-corrected chi connectivity index (χ1v) is 10.0. The number of aryl methyl sites for hydroxylation is 1. The number of nitrogens with one attached hydrogen (secondary N) is 1. The van der Waals surface area contributed by atoms with Crippen LogP contribution in [0.5, 0.6) is 0 Å². The molecule has 2 amide bonds. The number of hydrogen-bond donors (Lipinski definition) is 1. The lowest BCUT2D eigenvalue weighted by Crippen LogP contribution is -2.28. The number of furan rings is 1. The van der Waals surface area contributed by atoms with Gasteiger partial charge in [-0.05, 0) is 51.0 Å². The van der Waals surface area contributed by atoms with Crippen molar-refractivity contribution in [3.8, 4) is 0 Å². The van der Waals surface area contributed by atoms with E-state index >= 15 is 0 Å². The average molecular weight is 423 g/mol. The zero-order valence-corrected chi connectivity index (χ0v) is 18.2. The molecule has 0 spiro atoms. The number of aromatic nitrogens is 1. The van der Waals surface area contributed by atoms with Gasteiger partial charge in [0.15, 0.2) is 11.5 Å². The zero-order valence-electron chi connectivity index (χ0n) is 18.2.